The Kier molecular flexibility index (Phi) is 6.41. The third kappa shape index (κ3) is 4.66. The maximum atomic E-state index is 12.1. The summed E-state index contributed by atoms with van der Waals surface area (Å²) in [5.74, 6) is 1.16. The standard InChI is InChI=1S/C20H18Cl3N7O/c1-11-28-29-19-18(27-15-8-13(21)14(22)9-16(15)30(11)19)24-6-2-3-7-25-20(31)12-4-5-17(23)26-10-12/h4-5,8-10H,2-3,6-7H2,1H3,(H,24,27)(H,25,31). The predicted molar refractivity (Wildman–Crippen MR) is 122 cm³/mol. The molecule has 0 aliphatic heterocycles. The molecule has 0 aliphatic carbocycles. The molecule has 0 spiro atoms. The van der Waals surface area contributed by atoms with Gasteiger partial charge in [0.1, 0.15) is 11.0 Å². The van der Waals surface area contributed by atoms with Gasteiger partial charge in [-0.05, 0) is 44.0 Å². The van der Waals surface area contributed by atoms with Gasteiger partial charge in [0, 0.05) is 19.3 Å². The average Bonchev–Trinajstić information content (AvgIpc) is 3.14. The van der Waals surface area contributed by atoms with Gasteiger partial charge >= 0.3 is 0 Å². The minimum absolute atomic E-state index is 0.176. The van der Waals surface area contributed by atoms with Crippen LogP contribution in [0.25, 0.3) is 16.7 Å². The second-order valence-electron chi connectivity index (χ2n) is 6.88. The van der Waals surface area contributed by atoms with Gasteiger partial charge in [-0.25, -0.2) is 9.97 Å². The number of fused-ring (bicyclic) bond motifs is 3. The van der Waals surface area contributed by atoms with E-state index < -0.39 is 0 Å². The summed E-state index contributed by atoms with van der Waals surface area (Å²) in [6.07, 6.45) is 3.06. The summed E-state index contributed by atoms with van der Waals surface area (Å²) in [5.41, 5.74) is 2.58. The van der Waals surface area contributed by atoms with Crippen LogP contribution in [0.15, 0.2) is 30.5 Å². The molecule has 0 atom stereocenters. The first kappa shape index (κ1) is 21.5. The molecule has 0 bridgehead atoms. The number of halogens is 3. The molecular formula is C20H18Cl3N7O. The smallest absolute Gasteiger partial charge is 0.252 e. The maximum absolute atomic E-state index is 12.1. The molecule has 0 radical (unpaired) electrons. The molecule has 1 aromatic carbocycles. The van der Waals surface area contributed by atoms with Gasteiger partial charge in [0.2, 0.25) is 5.65 Å². The number of benzene rings is 1. The van der Waals surface area contributed by atoms with E-state index >= 15 is 0 Å². The van der Waals surface area contributed by atoms with E-state index in [1.54, 1.807) is 24.3 Å². The van der Waals surface area contributed by atoms with Crippen LogP contribution >= 0.6 is 34.8 Å². The molecule has 3 heterocycles. The molecule has 2 N–H and O–H groups in total. The highest BCUT2D eigenvalue weighted by atomic mass is 35.5. The van der Waals surface area contributed by atoms with Gasteiger partial charge < -0.3 is 10.6 Å². The van der Waals surface area contributed by atoms with E-state index in [4.69, 9.17) is 34.8 Å². The Morgan fingerprint density at radius 2 is 1.84 bits per heavy atom. The third-order valence-electron chi connectivity index (χ3n) is 4.70. The molecule has 0 unspecified atom stereocenters. The van der Waals surface area contributed by atoms with Crippen molar-refractivity contribution in [2.24, 2.45) is 0 Å². The van der Waals surface area contributed by atoms with Crippen molar-refractivity contribution in [3.63, 3.8) is 0 Å². The Labute approximate surface area is 192 Å². The van der Waals surface area contributed by atoms with Crippen LogP contribution in [-0.2, 0) is 0 Å². The van der Waals surface area contributed by atoms with Crippen molar-refractivity contribution in [1.82, 2.24) is 29.9 Å². The SMILES string of the molecule is Cc1nnc2c(NCCCCNC(=O)c3ccc(Cl)nc3)nc3cc(Cl)c(Cl)cc3n12. The molecule has 11 heteroatoms. The Bertz CT molecular complexity index is 1260. The van der Waals surface area contributed by atoms with Crippen molar-refractivity contribution in [3.8, 4) is 0 Å². The zero-order chi connectivity index (χ0) is 22.0. The van der Waals surface area contributed by atoms with Crippen LogP contribution < -0.4 is 10.6 Å². The Balaban J connectivity index is 1.37. The Morgan fingerprint density at radius 1 is 1.06 bits per heavy atom. The van der Waals surface area contributed by atoms with Crippen molar-refractivity contribution in [3.05, 3.63) is 57.0 Å². The van der Waals surface area contributed by atoms with Gasteiger partial charge in [0.15, 0.2) is 5.82 Å². The van der Waals surface area contributed by atoms with Gasteiger partial charge in [0.05, 0.1) is 26.6 Å². The lowest BCUT2D eigenvalue weighted by Gasteiger charge is -2.11. The van der Waals surface area contributed by atoms with E-state index in [1.165, 1.54) is 6.20 Å². The Morgan fingerprint density at radius 3 is 2.61 bits per heavy atom. The zero-order valence-electron chi connectivity index (χ0n) is 16.5. The fourth-order valence-corrected chi connectivity index (χ4v) is 3.59. The van der Waals surface area contributed by atoms with Gasteiger partial charge in [-0.15, -0.1) is 10.2 Å². The zero-order valence-corrected chi connectivity index (χ0v) is 18.8. The predicted octanol–water partition coefficient (Wildman–Crippen LogP) is 4.56. The molecule has 1 amide bonds. The number of nitrogens with zero attached hydrogens (tertiary/aromatic N) is 5. The molecule has 0 saturated heterocycles. The van der Waals surface area contributed by atoms with Crippen LogP contribution in [0.3, 0.4) is 0 Å². The molecular weight excluding hydrogens is 461 g/mol. The molecule has 31 heavy (non-hydrogen) atoms. The van der Waals surface area contributed by atoms with E-state index in [0.717, 1.165) is 24.2 Å². The van der Waals surface area contributed by atoms with Crippen molar-refractivity contribution < 1.29 is 4.79 Å². The highest BCUT2D eigenvalue weighted by Crippen LogP contribution is 2.29. The van der Waals surface area contributed by atoms with Crippen molar-refractivity contribution >= 4 is 63.2 Å². The molecule has 0 aliphatic rings. The largest absolute Gasteiger partial charge is 0.367 e. The molecule has 0 saturated carbocycles. The van der Waals surface area contributed by atoms with Crippen LogP contribution in [-0.4, -0.2) is 43.6 Å². The van der Waals surface area contributed by atoms with Gasteiger partial charge in [-0.1, -0.05) is 34.8 Å². The van der Waals surface area contributed by atoms with Crippen LogP contribution in [0, 0.1) is 6.92 Å². The maximum Gasteiger partial charge on any atom is 0.252 e. The third-order valence-corrected chi connectivity index (χ3v) is 5.64. The quantitative estimate of drug-likeness (QED) is 0.298. The normalized spacial score (nSPS) is 11.2. The number of hydrogen-bond donors (Lipinski definition) is 2. The van der Waals surface area contributed by atoms with Gasteiger partial charge in [0.25, 0.3) is 5.91 Å². The summed E-state index contributed by atoms with van der Waals surface area (Å²) in [7, 11) is 0. The fraction of sp³-hybridized carbons (Fsp3) is 0.250. The van der Waals surface area contributed by atoms with Crippen LogP contribution in [0.5, 0.6) is 0 Å². The molecule has 4 rings (SSSR count). The fourth-order valence-electron chi connectivity index (χ4n) is 3.16. The highest BCUT2D eigenvalue weighted by Gasteiger charge is 2.14. The molecule has 0 fully saturated rings. The number of hydrogen-bond acceptors (Lipinski definition) is 6. The number of carbonyl (C=O) groups excluding carboxylic acids is 1. The van der Waals surface area contributed by atoms with Crippen molar-refractivity contribution in [2.45, 2.75) is 19.8 Å². The summed E-state index contributed by atoms with van der Waals surface area (Å²) >= 11 is 18.1. The number of amides is 1. The van der Waals surface area contributed by atoms with Crippen LogP contribution in [0.4, 0.5) is 5.82 Å². The van der Waals surface area contributed by atoms with E-state index in [1.807, 2.05) is 11.3 Å². The molecule has 3 aromatic heterocycles. The van der Waals surface area contributed by atoms with Gasteiger partial charge in [-0.2, -0.15) is 0 Å². The molecule has 160 valence electrons. The summed E-state index contributed by atoms with van der Waals surface area (Å²) in [6, 6.07) is 6.72. The van der Waals surface area contributed by atoms with E-state index in [2.05, 4.69) is 30.8 Å². The number of carbonyl (C=O) groups is 1. The number of aryl methyl sites for hydroxylation is 1. The minimum atomic E-state index is -0.176. The van der Waals surface area contributed by atoms with Crippen molar-refractivity contribution in [2.75, 3.05) is 18.4 Å². The van der Waals surface area contributed by atoms with E-state index in [-0.39, 0.29) is 5.91 Å². The monoisotopic (exact) mass is 477 g/mol. The number of pyridine rings is 1. The second kappa shape index (κ2) is 9.21. The first-order valence-electron chi connectivity index (χ1n) is 9.58. The van der Waals surface area contributed by atoms with Crippen LogP contribution in [0.1, 0.15) is 29.0 Å². The highest BCUT2D eigenvalue weighted by molar-refractivity contribution is 6.42. The van der Waals surface area contributed by atoms with E-state index in [0.29, 0.717) is 50.8 Å². The summed E-state index contributed by atoms with van der Waals surface area (Å²) in [4.78, 5) is 20.6. The van der Waals surface area contributed by atoms with Gasteiger partial charge in [-0.3, -0.25) is 9.20 Å². The number of aromatic nitrogens is 5. The first-order chi connectivity index (χ1) is 14.9. The lowest BCUT2D eigenvalue weighted by atomic mass is 10.2. The number of unbranched alkanes of at least 4 members (excludes halogenated alkanes) is 1. The Hall–Kier alpha value is -2.68. The molecule has 8 nitrogen and oxygen atoms in total. The summed E-state index contributed by atoms with van der Waals surface area (Å²) < 4.78 is 1.90. The topological polar surface area (TPSA) is 97.1 Å². The van der Waals surface area contributed by atoms with E-state index in [9.17, 15) is 4.79 Å². The minimum Gasteiger partial charge on any atom is -0.367 e. The summed E-state index contributed by atoms with van der Waals surface area (Å²) in [6.45, 7) is 3.06. The van der Waals surface area contributed by atoms with Crippen LogP contribution in [0.2, 0.25) is 15.2 Å². The van der Waals surface area contributed by atoms with Crippen molar-refractivity contribution in [1.29, 1.82) is 0 Å². The number of nitrogens with one attached hydrogen (secondary N) is 2. The number of anilines is 1. The average molecular weight is 479 g/mol. The first-order valence-corrected chi connectivity index (χ1v) is 10.7. The second-order valence-corrected chi connectivity index (χ2v) is 8.08. The summed E-state index contributed by atoms with van der Waals surface area (Å²) in [5, 5.41) is 15.8. The number of rotatable bonds is 7. The lowest BCUT2D eigenvalue weighted by molar-refractivity contribution is 0.0952. The lowest BCUT2D eigenvalue weighted by Crippen LogP contribution is -2.24. The molecule has 4 aromatic rings.